The first-order valence-corrected chi connectivity index (χ1v) is 10.5. The Kier molecular flexibility index (Phi) is 4.98. The maximum Gasteiger partial charge on any atom is 0.259 e. The third-order valence-electron chi connectivity index (χ3n) is 5.99. The number of benzene rings is 1. The summed E-state index contributed by atoms with van der Waals surface area (Å²) < 4.78 is 30.9. The molecule has 0 aliphatic heterocycles. The molecule has 3 saturated carbocycles. The lowest BCUT2D eigenvalue weighted by molar-refractivity contribution is -0.208. The quantitative estimate of drug-likeness (QED) is 0.522. The minimum absolute atomic E-state index is 0.0276. The lowest BCUT2D eigenvalue weighted by atomic mass is 9.33. The molecule has 2 heterocycles. The molecule has 166 valence electrons. The number of ether oxygens (including phenoxy) is 2. The smallest absolute Gasteiger partial charge is 0.259 e. The van der Waals surface area contributed by atoms with Gasteiger partial charge in [0.2, 0.25) is 5.89 Å². The molecular formula is C21H17Cl2FN4O4. The van der Waals surface area contributed by atoms with Gasteiger partial charge in [-0.05, 0) is 31.4 Å². The zero-order chi connectivity index (χ0) is 22.5. The fraction of sp³-hybridized carbons (Fsp3) is 0.333. The van der Waals surface area contributed by atoms with Gasteiger partial charge in [0.1, 0.15) is 17.3 Å². The van der Waals surface area contributed by atoms with Gasteiger partial charge in [-0.1, -0.05) is 23.2 Å². The van der Waals surface area contributed by atoms with E-state index in [1.807, 2.05) is 0 Å². The Labute approximate surface area is 191 Å². The highest BCUT2D eigenvalue weighted by molar-refractivity contribution is 6.30. The first-order chi connectivity index (χ1) is 15.3. The van der Waals surface area contributed by atoms with Crippen LogP contribution in [0.1, 0.15) is 31.0 Å². The van der Waals surface area contributed by atoms with Crippen molar-refractivity contribution >= 4 is 29.1 Å². The summed E-state index contributed by atoms with van der Waals surface area (Å²) in [4.78, 5) is 16.1. The molecule has 1 unspecified atom stereocenters. The summed E-state index contributed by atoms with van der Waals surface area (Å²) in [5.41, 5.74) is 4.84. The Morgan fingerprint density at radius 3 is 2.66 bits per heavy atom. The minimum Gasteiger partial charge on any atom is -0.482 e. The van der Waals surface area contributed by atoms with Crippen molar-refractivity contribution in [3.8, 4) is 11.5 Å². The number of nitrogens with zero attached hydrogens (tertiary/aromatic N) is 3. The Balaban J connectivity index is 1.23. The van der Waals surface area contributed by atoms with Crippen LogP contribution in [-0.2, 0) is 16.8 Å². The van der Waals surface area contributed by atoms with Crippen molar-refractivity contribution < 1.29 is 23.1 Å². The van der Waals surface area contributed by atoms with Crippen molar-refractivity contribution in [1.82, 2.24) is 15.2 Å². The Bertz CT molecular complexity index is 1180. The van der Waals surface area contributed by atoms with Crippen molar-refractivity contribution in [2.45, 2.75) is 37.4 Å². The Morgan fingerprint density at radius 1 is 1.19 bits per heavy atom. The second-order valence-corrected chi connectivity index (χ2v) is 9.12. The summed E-state index contributed by atoms with van der Waals surface area (Å²) in [6.07, 6.45) is 3.94. The molecule has 1 amide bonds. The third-order valence-corrected chi connectivity index (χ3v) is 6.51. The van der Waals surface area contributed by atoms with Crippen LogP contribution >= 0.6 is 23.2 Å². The van der Waals surface area contributed by atoms with Crippen LogP contribution in [0, 0.1) is 11.2 Å². The molecule has 3 fully saturated rings. The van der Waals surface area contributed by atoms with E-state index in [1.165, 1.54) is 24.5 Å². The average molecular weight is 479 g/mol. The first kappa shape index (κ1) is 21.0. The number of nitrogens with two attached hydrogens (primary N) is 1. The number of carbonyl (C=O) groups is 1. The predicted molar refractivity (Wildman–Crippen MR) is 111 cm³/mol. The summed E-state index contributed by atoms with van der Waals surface area (Å²) in [5.74, 6) is 0.254. The molecule has 1 atom stereocenters. The van der Waals surface area contributed by atoms with Gasteiger partial charge in [-0.2, -0.15) is 0 Å². The standard InChI is InChI=1S/C21H17Cl2FN4O4/c22-11-3-13(6-26-5-11)30-7-16-27-28-19(32-16)21-8-20(9-21,10-21)17(18(25)29)31-12-1-2-14(23)15(24)4-12/h1-6,17H,7-10H2,(H2,25,29). The van der Waals surface area contributed by atoms with Crippen molar-refractivity contribution in [2.24, 2.45) is 11.1 Å². The second kappa shape index (κ2) is 7.60. The zero-order valence-electron chi connectivity index (χ0n) is 16.6. The number of primary amides is 1. The van der Waals surface area contributed by atoms with Crippen molar-refractivity contribution in [2.75, 3.05) is 0 Å². The lowest BCUT2D eigenvalue weighted by Crippen LogP contribution is -2.72. The maximum absolute atomic E-state index is 13.7. The molecule has 3 aromatic rings. The number of hydrogen-bond acceptors (Lipinski definition) is 7. The Hall–Kier alpha value is -2.91. The Morgan fingerprint density at radius 2 is 1.97 bits per heavy atom. The van der Waals surface area contributed by atoms with Crippen molar-refractivity contribution in [3.05, 3.63) is 64.3 Å². The number of aromatic nitrogens is 3. The normalized spacial score (nSPS) is 24.2. The van der Waals surface area contributed by atoms with Gasteiger partial charge in [0.05, 0.1) is 21.7 Å². The SMILES string of the molecule is NC(=O)C(Oc1ccc(Cl)c(F)c1)C12CC(c3nnc(COc4cncc(Cl)c4)o3)(C1)C2. The van der Waals surface area contributed by atoms with E-state index < -0.39 is 23.2 Å². The second-order valence-electron chi connectivity index (χ2n) is 8.28. The molecule has 2 aromatic heterocycles. The molecule has 32 heavy (non-hydrogen) atoms. The van der Waals surface area contributed by atoms with Gasteiger partial charge in [-0.25, -0.2) is 4.39 Å². The molecule has 0 radical (unpaired) electrons. The molecule has 6 rings (SSSR count). The van der Waals surface area contributed by atoms with Gasteiger partial charge in [-0.3, -0.25) is 9.78 Å². The van der Waals surface area contributed by atoms with E-state index in [-0.39, 0.29) is 22.8 Å². The molecule has 11 heteroatoms. The highest BCUT2D eigenvalue weighted by Crippen LogP contribution is 2.75. The van der Waals surface area contributed by atoms with Crippen LogP contribution in [-0.4, -0.2) is 27.2 Å². The topological polar surface area (TPSA) is 113 Å². The number of halogens is 3. The maximum atomic E-state index is 13.7. The van der Waals surface area contributed by atoms with Gasteiger partial charge in [0, 0.05) is 23.7 Å². The first-order valence-electron chi connectivity index (χ1n) is 9.76. The van der Waals surface area contributed by atoms with Gasteiger partial charge in [0.25, 0.3) is 11.8 Å². The summed E-state index contributed by atoms with van der Waals surface area (Å²) in [6.45, 7) is 0.0748. The molecule has 3 aliphatic carbocycles. The third kappa shape index (κ3) is 3.55. The number of hydrogen-bond donors (Lipinski definition) is 1. The average Bonchev–Trinajstić information content (AvgIpc) is 3.15. The van der Waals surface area contributed by atoms with Crippen LogP contribution in [0.4, 0.5) is 4.39 Å². The minimum atomic E-state index is -0.897. The summed E-state index contributed by atoms with van der Waals surface area (Å²) in [6, 6.07) is 5.64. The highest BCUT2D eigenvalue weighted by Gasteiger charge is 2.75. The summed E-state index contributed by atoms with van der Waals surface area (Å²) in [5, 5.41) is 8.63. The molecule has 8 nitrogen and oxygen atoms in total. The highest BCUT2D eigenvalue weighted by atomic mass is 35.5. The van der Waals surface area contributed by atoms with Crippen LogP contribution in [0.2, 0.25) is 10.0 Å². The van der Waals surface area contributed by atoms with Crippen LogP contribution in [0.25, 0.3) is 0 Å². The summed E-state index contributed by atoms with van der Waals surface area (Å²) in [7, 11) is 0. The summed E-state index contributed by atoms with van der Waals surface area (Å²) >= 11 is 11.6. The fourth-order valence-electron chi connectivity index (χ4n) is 4.69. The largest absolute Gasteiger partial charge is 0.482 e. The molecule has 0 spiro atoms. The molecular weight excluding hydrogens is 462 g/mol. The predicted octanol–water partition coefficient (Wildman–Crippen LogP) is 3.84. The molecule has 0 saturated heterocycles. The van der Waals surface area contributed by atoms with E-state index in [1.54, 1.807) is 6.07 Å². The fourth-order valence-corrected chi connectivity index (χ4v) is 4.97. The van der Waals surface area contributed by atoms with Crippen LogP contribution in [0.3, 0.4) is 0 Å². The van der Waals surface area contributed by atoms with Crippen LogP contribution in [0.5, 0.6) is 11.5 Å². The van der Waals surface area contributed by atoms with E-state index in [2.05, 4.69) is 15.2 Å². The molecule has 2 bridgehead atoms. The van der Waals surface area contributed by atoms with E-state index >= 15 is 0 Å². The van der Waals surface area contributed by atoms with Gasteiger partial charge < -0.3 is 19.6 Å². The van der Waals surface area contributed by atoms with Crippen LogP contribution < -0.4 is 15.2 Å². The van der Waals surface area contributed by atoms with Gasteiger partial charge >= 0.3 is 0 Å². The molecule has 2 N–H and O–H groups in total. The van der Waals surface area contributed by atoms with E-state index in [0.717, 1.165) is 6.07 Å². The monoisotopic (exact) mass is 478 g/mol. The van der Waals surface area contributed by atoms with E-state index in [9.17, 15) is 9.18 Å². The number of pyridine rings is 1. The molecule has 1 aromatic carbocycles. The zero-order valence-corrected chi connectivity index (χ0v) is 18.1. The van der Waals surface area contributed by atoms with E-state index in [0.29, 0.717) is 41.8 Å². The number of carbonyl (C=O) groups excluding carboxylic acids is 1. The number of amides is 1. The number of rotatable bonds is 8. The molecule has 3 aliphatic rings. The van der Waals surface area contributed by atoms with Crippen molar-refractivity contribution in [3.63, 3.8) is 0 Å². The van der Waals surface area contributed by atoms with Gasteiger partial charge in [-0.15, -0.1) is 10.2 Å². The van der Waals surface area contributed by atoms with Crippen molar-refractivity contribution in [1.29, 1.82) is 0 Å². The van der Waals surface area contributed by atoms with Crippen LogP contribution in [0.15, 0.2) is 41.1 Å². The van der Waals surface area contributed by atoms with E-state index in [4.69, 9.17) is 42.8 Å². The lowest BCUT2D eigenvalue weighted by Gasteiger charge is -2.69. The van der Waals surface area contributed by atoms with Gasteiger partial charge in [0.15, 0.2) is 12.7 Å².